The molecule has 0 radical (unpaired) electrons. The van der Waals surface area contributed by atoms with Crippen LogP contribution in [-0.4, -0.2) is 29.8 Å². The first-order valence-corrected chi connectivity index (χ1v) is 5.90. The van der Waals surface area contributed by atoms with Crippen molar-refractivity contribution < 1.29 is 14.7 Å². The Hall–Kier alpha value is -2.33. The number of carbonyl (C=O) groups is 1. The van der Waals surface area contributed by atoms with Gasteiger partial charge in [0, 0.05) is 7.05 Å². The van der Waals surface area contributed by atoms with Crippen molar-refractivity contribution in [2.45, 2.75) is 0 Å². The molecule has 0 aliphatic rings. The SMILES string of the molecule is CN(O)C(=O)COc1ccc(-c2ccccc2)cc1. The summed E-state index contributed by atoms with van der Waals surface area (Å²) in [7, 11) is 1.27. The van der Waals surface area contributed by atoms with Gasteiger partial charge < -0.3 is 4.74 Å². The van der Waals surface area contributed by atoms with Crippen molar-refractivity contribution in [2.75, 3.05) is 13.7 Å². The van der Waals surface area contributed by atoms with E-state index in [1.54, 1.807) is 12.1 Å². The van der Waals surface area contributed by atoms with Gasteiger partial charge in [-0.05, 0) is 23.3 Å². The lowest BCUT2D eigenvalue weighted by atomic mass is 10.1. The molecule has 4 nitrogen and oxygen atoms in total. The Labute approximate surface area is 111 Å². The summed E-state index contributed by atoms with van der Waals surface area (Å²) in [6.45, 7) is -0.183. The Kier molecular flexibility index (Phi) is 4.15. The number of amides is 1. The second-order valence-corrected chi connectivity index (χ2v) is 4.10. The molecule has 2 aromatic carbocycles. The Balaban J connectivity index is 2.01. The van der Waals surface area contributed by atoms with E-state index in [2.05, 4.69) is 0 Å². The fraction of sp³-hybridized carbons (Fsp3) is 0.133. The number of rotatable bonds is 4. The molecule has 0 spiro atoms. The number of carbonyl (C=O) groups excluding carboxylic acids is 1. The Morgan fingerprint density at radius 3 is 2.21 bits per heavy atom. The molecular formula is C15H15NO3. The van der Waals surface area contributed by atoms with Crippen molar-refractivity contribution in [1.29, 1.82) is 0 Å². The highest BCUT2D eigenvalue weighted by Gasteiger charge is 2.06. The van der Waals surface area contributed by atoms with Gasteiger partial charge >= 0.3 is 0 Å². The summed E-state index contributed by atoms with van der Waals surface area (Å²) in [5.41, 5.74) is 2.21. The molecule has 1 N–H and O–H groups in total. The Morgan fingerprint density at radius 1 is 1.05 bits per heavy atom. The van der Waals surface area contributed by atoms with Crippen LogP contribution in [0.2, 0.25) is 0 Å². The zero-order chi connectivity index (χ0) is 13.7. The smallest absolute Gasteiger partial charge is 0.283 e. The highest BCUT2D eigenvalue weighted by atomic mass is 16.5. The summed E-state index contributed by atoms with van der Waals surface area (Å²) in [5, 5.41) is 9.41. The Bertz CT molecular complexity index is 535. The molecule has 98 valence electrons. The summed E-state index contributed by atoms with van der Waals surface area (Å²) in [5.74, 6) is 0.0991. The van der Waals surface area contributed by atoms with E-state index in [9.17, 15) is 4.79 Å². The minimum Gasteiger partial charge on any atom is -0.484 e. The summed E-state index contributed by atoms with van der Waals surface area (Å²) >= 11 is 0. The normalized spacial score (nSPS) is 10.0. The molecule has 2 rings (SSSR count). The minimum absolute atomic E-state index is 0.183. The van der Waals surface area contributed by atoms with E-state index < -0.39 is 5.91 Å². The highest BCUT2D eigenvalue weighted by molar-refractivity contribution is 5.76. The molecule has 4 heteroatoms. The van der Waals surface area contributed by atoms with Crippen LogP contribution >= 0.6 is 0 Å². The molecule has 0 atom stereocenters. The Morgan fingerprint density at radius 2 is 1.63 bits per heavy atom. The lowest BCUT2D eigenvalue weighted by molar-refractivity contribution is -0.161. The summed E-state index contributed by atoms with van der Waals surface area (Å²) in [6, 6.07) is 17.4. The second-order valence-electron chi connectivity index (χ2n) is 4.10. The van der Waals surface area contributed by atoms with Gasteiger partial charge in [-0.3, -0.25) is 10.0 Å². The fourth-order valence-corrected chi connectivity index (χ4v) is 1.61. The first-order valence-electron chi connectivity index (χ1n) is 5.90. The van der Waals surface area contributed by atoms with Gasteiger partial charge in [-0.2, -0.15) is 0 Å². The van der Waals surface area contributed by atoms with Crippen LogP contribution in [0.4, 0.5) is 0 Å². The van der Waals surface area contributed by atoms with Crippen molar-refractivity contribution in [3.63, 3.8) is 0 Å². The van der Waals surface area contributed by atoms with Crippen LogP contribution in [-0.2, 0) is 4.79 Å². The van der Waals surface area contributed by atoms with Crippen molar-refractivity contribution in [3.05, 3.63) is 54.6 Å². The van der Waals surface area contributed by atoms with Gasteiger partial charge in [0.15, 0.2) is 6.61 Å². The monoisotopic (exact) mass is 257 g/mol. The van der Waals surface area contributed by atoms with E-state index in [0.717, 1.165) is 11.1 Å². The molecule has 0 bridgehead atoms. The van der Waals surface area contributed by atoms with Crippen molar-refractivity contribution in [1.82, 2.24) is 5.06 Å². The van der Waals surface area contributed by atoms with Gasteiger partial charge in [0.2, 0.25) is 0 Å². The minimum atomic E-state index is -0.493. The maximum Gasteiger partial charge on any atom is 0.283 e. The maximum atomic E-state index is 11.2. The molecular weight excluding hydrogens is 242 g/mol. The number of ether oxygens (including phenoxy) is 1. The van der Waals surface area contributed by atoms with Gasteiger partial charge in [0.1, 0.15) is 5.75 Å². The third-order valence-electron chi connectivity index (χ3n) is 2.68. The summed E-state index contributed by atoms with van der Waals surface area (Å²) in [4.78, 5) is 11.2. The number of hydrogen-bond donors (Lipinski definition) is 1. The number of nitrogens with zero attached hydrogens (tertiary/aromatic N) is 1. The first kappa shape index (κ1) is 13.1. The van der Waals surface area contributed by atoms with Crippen LogP contribution in [0.1, 0.15) is 0 Å². The molecule has 0 saturated carbocycles. The topological polar surface area (TPSA) is 49.8 Å². The quantitative estimate of drug-likeness (QED) is 0.676. The maximum absolute atomic E-state index is 11.2. The predicted molar refractivity (Wildman–Crippen MR) is 71.9 cm³/mol. The molecule has 2 aromatic rings. The van der Waals surface area contributed by atoms with Crippen molar-refractivity contribution in [3.8, 4) is 16.9 Å². The number of hydroxylamine groups is 2. The predicted octanol–water partition coefficient (Wildman–Crippen LogP) is 2.58. The molecule has 0 unspecified atom stereocenters. The average molecular weight is 257 g/mol. The number of benzene rings is 2. The van der Waals surface area contributed by atoms with Gasteiger partial charge in [-0.25, -0.2) is 5.06 Å². The number of likely N-dealkylation sites (N-methyl/N-ethyl adjacent to an activating group) is 1. The molecule has 0 aliphatic carbocycles. The molecule has 0 aromatic heterocycles. The van der Waals surface area contributed by atoms with Crippen LogP contribution in [0, 0.1) is 0 Å². The average Bonchev–Trinajstić information content (AvgIpc) is 2.46. The van der Waals surface area contributed by atoms with Gasteiger partial charge in [-0.15, -0.1) is 0 Å². The molecule has 0 heterocycles. The highest BCUT2D eigenvalue weighted by Crippen LogP contribution is 2.21. The van der Waals surface area contributed by atoms with Crippen LogP contribution in [0.25, 0.3) is 11.1 Å². The van der Waals surface area contributed by atoms with E-state index >= 15 is 0 Å². The molecule has 19 heavy (non-hydrogen) atoms. The van der Waals surface area contributed by atoms with Crippen molar-refractivity contribution >= 4 is 5.91 Å². The molecule has 0 aliphatic heterocycles. The summed E-state index contributed by atoms with van der Waals surface area (Å²) in [6.07, 6.45) is 0. The zero-order valence-corrected chi connectivity index (χ0v) is 10.6. The molecule has 0 saturated heterocycles. The zero-order valence-electron chi connectivity index (χ0n) is 10.6. The largest absolute Gasteiger partial charge is 0.484 e. The fourth-order valence-electron chi connectivity index (χ4n) is 1.61. The lowest BCUT2D eigenvalue weighted by Gasteiger charge is -2.10. The molecule has 0 fully saturated rings. The van der Waals surface area contributed by atoms with Gasteiger partial charge in [0.05, 0.1) is 0 Å². The third kappa shape index (κ3) is 3.56. The van der Waals surface area contributed by atoms with E-state index in [1.165, 1.54) is 7.05 Å². The third-order valence-corrected chi connectivity index (χ3v) is 2.68. The molecule has 1 amide bonds. The van der Waals surface area contributed by atoms with E-state index in [4.69, 9.17) is 9.94 Å². The van der Waals surface area contributed by atoms with E-state index in [1.807, 2.05) is 42.5 Å². The van der Waals surface area contributed by atoms with Crippen LogP contribution in [0.3, 0.4) is 0 Å². The standard InChI is InChI=1S/C15H15NO3/c1-16(18)15(17)11-19-14-9-7-13(8-10-14)12-5-3-2-4-6-12/h2-10,18H,11H2,1H3. The lowest BCUT2D eigenvalue weighted by Crippen LogP contribution is -2.28. The van der Waals surface area contributed by atoms with Gasteiger partial charge in [-0.1, -0.05) is 42.5 Å². The van der Waals surface area contributed by atoms with Crippen LogP contribution in [0.5, 0.6) is 5.75 Å². The first-order chi connectivity index (χ1) is 9.16. The summed E-state index contributed by atoms with van der Waals surface area (Å²) < 4.78 is 5.27. The van der Waals surface area contributed by atoms with Crippen molar-refractivity contribution in [2.24, 2.45) is 0 Å². The van der Waals surface area contributed by atoms with E-state index in [0.29, 0.717) is 10.8 Å². The van der Waals surface area contributed by atoms with Crippen LogP contribution < -0.4 is 4.74 Å². The van der Waals surface area contributed by atoms with Gasteiger partial charge in [0.25, 0.3) is 5.91 Å². The second kappa shape index (κ2) is 6.02. The number of hydrogen-bond acceptors (Lipinski definition) is 3. The van der Waals surface area contributed by atoms with Crippen LogP contribution in [0.15, 0.2) is 54.6 Å². The van der Waals surface area contributed by atoms with E-state index in [-0.39, 0.29) is 6.61 Å².